The van der Waals surface area contributed by atoms with Crippen LogP contribution in [0.2, 0.25) is 0 Å². The van der Waals surface area contributed by atoms with Crippen LogP contribution in [0.5, 0.6) is 23.0 Å². The van der Waals surface area contributed by atoms with E-state index in [1.165, 1.54) is 12.4 Å². The minimum absolute atomic E-state index is 0.191. The smallest absolute Gasteiger partial charge is 0.275 e. The lowest BCUT2D eigenvalue weighted by atomic mass is 10.2. The van der Waals surface area contributed by atoms with Crippen molar-refractivity contribution in [3.05, 3.63) is 54.5 Å². The summed E-state index contributed by atoms with van der Waals surface area (Å²) >= 11 is 0. The normalized spacial score (nSPS) is 13.7. The Morgan fingerprint density at radius 1 is 0.793 bits per heavy atom. The summed E-state index contributed by atoms with van der Waals surface area (Å²) in [5.74, 6) is 2.76. The van der Waals surface area contributed by atoms with Gasteiger partial charge < -0.3 is 29.6 Å². The molecule has 0 fully saturated rings. The average Bonchev–Trinajstić information content (AvgIpc) is 3.22. The molecule has 3 heterocycles. The molecule has 5 rings (SSSR count). The summed E-state index contributed by atoms with van der Waals surface area (Å²) in [6, 6.07) is 10.7. The van der Waals surface area contributed by atoms with Crippen molar-refractivity contribution in [1.82, 2.24) is 9.97 Å². The van der Waals surface area contributed by atoms with E-state index in [1.54, 1.807) is 18.2 Å². The van der Waals surface area contributed by atoms with Gasteiger partial charge in [0, 0.05) is 23.5 Å². The third-order valence-corrected chi connectivity index (χ3v) is 4.33. The minimum atomic E-state index is -0.371. The van der Waals surface area contributed by atoms with Gasteiger partial charge in [0.15, 0.2) is 23.0 Å². The van der Waals surface area contributed by atoms with Crippen molar-refractivity contribution >= 4 is 23.1 Å². The van der Waals surface area contributed by atoms with E-state index >= 15 is 0 Å². The zero-order chi connectivity index (χ0) is 19.6. The van der Waals surface area contributed by atoms with Gasteiger partial charge in [0.1, 0.15) is 24.7 Å². The molecule has 0 spiro atoms. The highest BCUT2D eigenvalue weighted by atomic mass is 16.7. The van der Waals surface area contributed by atoms with Gasteiger partial charge in [-0.1, -0.05) is 0 Å². The molecule has 0 unspecified atom stereocenters. The first-order valence-corrected chi connectivity index (χ1v) is 8.94. The van der Waals surface area contributed by atoms with Crippen LogP contribution in [0.1, 0.15) is 10.5 Å². The summed E-state index contributed by atoms with van der Waals surface area (Å²) in [4.78, 5) is 20.9. The highest BCUT2D eigenvalue weighted by Crippen LogP contribution is 2.35. The molecular weight excluding hydrogens is 376 g/mol. The fraction of sp³-hybridized carbons (Fsp3) is 0.150. The Labute approximate surface area is 165 Å². The number of nitrogens with zero attached hydrogens (tertiary/aromatic N) is 2. The van der Waals surface area contributed by atoms with Crippen molar-refractivity contribution in [3.63, 3.8) is 0 Å². The van der Waals surface area contributed by atoms with Crippen LogP contribution in [0.25, 0.3) is 0 Å². The molecule has 0 bridgehead atoms. The SMILES string of the molecule is O=C(Nc1ccc2c(c1)OCCO2)c1cnc(Nc2ccc3c(c2)OCO3)cn1. The molecule has 1 aromatic heterocycles. The third kappa shape index (κ3) is 3.57. The van der Waals surface area contributed by atoms with E-state index < -0.39 is 0 Å². The largest absolute Gasteiger partial charge is 0.486 e. The second kappa shape index (κ2) is 7.19. The van der Waals surface area contributed by atoms with E-state index in [-0.39, 0.29) is 18.4 Å². The Bertz CT molecular complexity index is 1070. The minimum Gasteiger partial charge on any atom is -0.486 e. The van der Waals surface area contributed by atoms with Crippen molar-refractivity contribution in [1.29, 1.82) is 0 Å². The molecule has 0 saturated heterocycles. The second-order valence-corrected chi connectivity index (χ2v) is 6.29. The predicted molar refractivity (Wildman–Crippen MR) is 103 cm³/mol. The van der Waals surface area contributed by atoms with E-state index in [0.717, 1.165) is 5.69 Å². The molecule has 2 aliphatic rings. The van der Waals surface area contributed by atoms with Crippen molar-refractivity contribution in [2.24, 2.45) is 0 Å². The summed E-state index contributed by atoms with van der Waals surface area (Å²) in [6.07, 6.45) is 2.89. The van der Waals surface area contributed by atoms with Gasteiger partial charge in [0.2, 0.25) is 6.79 Å². The van der Waals surface area contributed by atoms with Gasteiger partial charge in [0.25, 0.3) is 5.91 Å². The summed E-state index contributed by atoms with van der Waals surface area (Å²) in [6.45, 7) is 1.21. The monoisotopic (exact) mass is 392 g/mol. The van der Waals surface area contributed by atoms with Crippen LogP contribution in [0.15, 0.2) is 48.8 Å². The van der Waals surface area contributed by atoms with Crippen LogP contribution >= 0.6 is 0 Å². The zero-order valence-corrected chi connectivity index (χ0v) is 15.2. The number of hydrogen-bond acceptors (Lipinski definition) is 8. The van der Waals surface area contributed by atoms with E-state index in [1.807, 2.05) is 18.2 Å². The molecule has 2 N–H and O–H groups in total. The number of amides is 1. The molecule has 146 valence electrons. The van der Waals surface area contributed by atoms with Crippen LogP contribution in [0, 0.1) is 0 Å². The molecule has 29 heavy (non-hydrogen) atoms. The van der Waals surface area contributed by atoms with Crippen LogP contribution in [-0.2, 0) is 0 Å². The Hall–Kier alpha value is -4.01. The van der Waals surface area contributed by atoms with Gasteiger partial charge in [-0.25, -0.2) is 9.97 Å². The molecule has 1 amide bonds. The Balaban J connectivity index is 1.25. The predicted octanol–water partition coefficient (Wildman–Crippen LogP) is 2.97. The Morgan fingerprint density at radius 2 is 1.48 bits per heavy atom. The third-order valence-electron chi connectivity index (χ3n) is 4.33. The average molecular weight is 392 g/mol. The Morgan fingerprint density at radius 3 is 2.31 bits per heavy atom. The highest BCUT2D eigenvalue weighted by molar-refractivity contribution is 6.02. The summed E-state index contributed by atoms with van der Waals surface area (Å²) < 4.78 is 21.6. The Kier molecular flexibility index (Phi) is 4.24. The summed E-state index contributed by atoms with van der Waals surface area (Å²) in [5.41, 5.74) is 1.55. The number of aromatic nitrogens is 2. The topological polar surface area (TPSA) is 104 Å². The van der Waals surface area contributed by atoms with Gasteiger partial charge >= 0.3 is 0 Å². The fourth-order valence-electron chi connectivity index (χ4n) is 2.95. The van der Waals surface area contributed by atoms with Gasteiger partial charge in [-0.2, -0.15) is 0 Å². The number of hydrogen-bond donors (Lipinski definition) is 2. The quantitative estimate of drug-likeness (QED) is 0.698. The van der Waals surface area contributed by atoms with Crippen molar-refractivity contribution < 1.29 is 23.7 Å². The van der Waals surface area contributed by atoms with E-state index in [0.29, 0.717) is 47.7 Å². The maximum Gasteiger partial charge on any atom is 0.275 e. The number of anilines is 3. The number of ether oxygens (including phenoxy) is 4. The lowest BCUT2D eigenvalue weighted by Gasteiger charge is -2.18. The second-order valence-electron chi connectivity index (χ2n) is 6.29. The summed E-state index contributed by atoms with van der Waals surface area (Å²) in [5, 5.41) is 5.89. The summed E-state index contributed by atoms with van der Waals surface area (Å²) in [7, 11) is 0. The molecule has 2 aliphatic heterocycles. The number of rotatable bonds is 4. The van der Waals surface area contributed by atoms with Gasteiger partial charge in [-0.3, -0.25) is 4.79 Å². The lowest BCUT2D eigenvalue weighted by molar-refractivity contribution is 0.102. The molecule has 0 radical (unpaired) electrons. The maximum atomic E-state index is 12.4. The maximum absolute atomic E-state index is 12.4. The number of benzene rings is 2. The van der Waals surface area contributed by atoms with Gasteiger partial charge in [0.05, 0.1) is 12.4 Å². The lowest BCUT2D eigenvalue weighted by Crippen LogP contribution is -2.17. The van der Waals surface area contributed by atoms with Gasteiger partial charge in [-0.05, 0) is 24.3 Å². The standard InChI is InChI=1S/C20H16N4O5/c25-20(24-13-2-3-15-17(8-13)27-6-5-26-15)14-9-22-19(10-21-14)23-12-1-4-16-18(7-12)29-11-28-16/h1-4,7-10H,5-6,11H2,(H,22,23)(H,24,25). The number of nitrogens with one attached hydrogen (secondary N) is 2. The molecule has 9 nitrogen and oxygen atoms in total. The van der Waals surface area contributed by atoms with Crippen LogP contribution in [0.3, 0.4) is 0 Å². The number of fused-ring (bicyclic) bond motifs is 2. The molecular formula is C20H16N4O5. The zero-order valence-electron chi connectivity index (χ0n) is 15.2. The molecule has 0 saturated carbocycles. The number of carbonyl (C=O) groups is 1. The van der Waals surface area contributed by atoms with E-state index in [2.05, 4.69) is 20.6 Å². The first kappa shape index (κ1) is 17.1. The molecule has 0 aliphatic carbocycles. The van der Waals surface area contributed by atoms with Crippen LogP contribution in [-0.4, -0.2) is 35.9 Å². The number of carbonyl (C=O) groups excluding carboxylic acids is 1. The highest BCUT2D eigenvalue weighted by Gasteiger charge is 2.15. The van der Waals surface area contributed by atoms with Gasteiger partial charge in [-0.15, -0.1) is 0 Å². The van der Waals surface area contributed by atoms with Crippen LogP contribution in [0.4, 0.5) is 17.2 Å². The van der Waals surface area contributed by atoms with Crippen molar-refractivity contribution in [3.8, 4) is 23.0 Å². The fourth-order valence-corrected chi connectivity index (χ4v) is 2.95. The van der Waals surface area contributed by atoms with E-state index in [9.17, 15) is 4.79 Å². The van der Waals surface area contributed by atoms with E-state index in [4.69, 9.17) is 18.9 Å². The molecule has 9 heteroatoms. The first-order chi connectivity index (χ1) is 14.2. The first-order valence-electron chi connectivity index (χ1n) is 8.94. The van der Waals surface area contributed by atoms with Crippen molar-refractivity contribution in [2.45, 2.75) is 0 Å². The molecule has 0 atom stereocenters. The molecule has 3 aromatic rings. The molecule has 2 aromatic carbocycles. The van der Waals surface area contributed by atoms with Crippen LogP contribution < -0.4 is 29.6 Å². The van der Waals surface area contributed by atoms with Crippen molar-refractivity contribution in [2.75, 3.05) is 30.6 Å².